The van der Waals surface area contributed by atoms with Gasteiger partial charge in [0.25, 0.3) is 11.7 Å². The van der Waals surface area contributed by atoms with E-state index in [1.807, 2.05) is 0 Å². The molecule has 2 unspecified atom stereocenters. The number of hydrogen-bond acceptors (Lipinski definition) is 2. The minimum absolute atomic E-state index is 0.577. The number of ether oxygens (including phenoxy) is 2. The molecule has 1 rings (SSSR count). The lowest BCUT2D eigenvalue weighted by atomic mass is 9.98. The predicted molar refractivity (Wildman–Crippen MR) is 35.3 cm³/mol. The Bertz CT molecular complexity index is 217. The Labute approximate surface area is 72.8 Å². The normalized spacial score (nSPS) is 44.3. The van der Waals surface area contributed by atoms with E-state index in [0.717, 1.165) is 0 Å². The molecule has 13 heavy (non-hydrogen) atoms. The first-order valence-electron chi connectivity index (χ1n) is 3.77. The summed E-state index contributed by atoms with van der Waals surface area (Å²) in [6.45, 7) is 3.03. The summed E-state index contributed by atoms with van der Waals surface area (Å²) in [6, 6.07) is 0. The van der Waals surface area contributed by atoms with Crippen molar-refractivity contribution in [3.63, 3.8) is 0 Å². The van der Waals surface area contributed by atoms with Crippen LogP contribution in [-0.2, 0) is 9.47 Å². The Morgan fingerprint density at radius 3 is 1.62 bits per heavy atom. The molecule has 0 bridgehead atoms. The summed E-state index contributed by atoms with van der Waals surface area (Å²) in [4.78, 5) is 0. The lowest BCUT2D eigenvalue weighted by Crippen LogP contribution is -2.46. The molecule has 78 valence electrons. The van der Waals surface area contributed by atoms with Gasteiger partial charge in [0.1, 0.15) is 0 Å². The molecule has 1 aliphatic rings. The fourth-order valence-corrected chi connectivity index (χ4v) is 1.21. The highest BCUT2D eigenvalue weighted by Crippen LogP contribution is 2.51. The van der Waals surface area contributed by atoms with Gasteiger partial charge in [-0.1, -0.05) is 13.8 Å². The Morgan fingerprint density at radius 1 is 1.00 bits per heavy atom. The van der Waals surface area contributed by atoms with E-state index in [2.05, 4.69) is 9.47 Å². The van der Waals surface area contributed by atoms with Crippen molar-refractivity contribution < 1.29 is 27.0 Å². The summed E-state index contributed by atoms with van der Waals surface area (Å²) >= 11 is 0. The third kappa shape index (κ3) is 1.52. The van der Waals surface area contributed by atoms with Crippen LogP contribution in [0.5, 0.6) is 0 Å². The standard InChI is InChI=1S/C7H10F4O2/c1-4(2)6(9)5(3,8)12-7(10,11)13-6/h4H,1-3H3. The van der Waals surface area contributed by atoms with Crippen molar-refractivity contribution in [2.75, 3.05) is 0 Å². The van der Waals surface area contributed by atoms with Gasteiger partial charge < -0.3 is 0 Å². The molecular formula is C7H10F4O2. The van der Waals surface area contributed by atoms with Crippen molar-refractivity contribution >= 4 is 0 Å². The van der Waals surface area contributed by atoms with Gasteiger partial charge >= 0.3 is 6.29 Å². The SMILES string of the molecule is CC(C)C1(F)OC(F)(F)OC1(C)F. The van der Waals surface area contributed by atoms with E-state index in [1.54, 1.807) is 0 Å². The van der Waals surface area contributed by atoms with Gasteiger partial charge in [-0.2, -0.15) is 0 Å². The quantitative estimate of drug-likeness (QED) is 0.608. The molecule has 6 heteroatoms. The highest BCUT2D eigenvalue weighted by atomic mass is 19.3. The number of alkyl halides is 4. The minimum atomic E-state index is -4.21. The van der Waals surface area contributed by atoms with Crippen molar-refractivity contribution in [3.8, 4) is 0 Å². The van der Waals surface area contributed by atoms with Crippen molar-refractivity contribution in [1.82, 2.24) is 0 Å². The summed E-state index contributed by atoms with van der Waals surface area (Å²) in [7, 11) is 0. The van der Waals surface area contributed by atoms with E-state index < -0.39 is 23.9 Å². The molecule has 1 saturated heterocycles. The average Bonchev–Trinajstić information content (AvgIpc) is 1.97. The molecule has 0 aromatic heterocycles. The molecule has 0 amide bonds. The molecule has 1 fully saturated rings. The van der Waals surface area contributed by atoms with Gasteiger partial charge in [-0.15, -0.1) is 8.78 Å². The fraction of sp³-hybridized carbons (Fsp3) is 1.00. The van der Waals surface area contributed by atoms with Crippen LogP contribution in [0, 0.1) is 5.92 Å². The molecule has 2 nitrogen and oxygen atoms in total. The molecule has 0 saturated carbocycles. The maximum absolute atomic E-state index is 13.5. The average molecular weight is 202 g/mol. The van der Waals surface area contributed by atoms with E-state index in [-0.39, 0.29) is 0 Å². The van der Waals surface area contributed by atoms with Crippen LogP contribution in [0.2, 0.25) is 0 Å². The minimum Gasteiger partial charge on any atom is -0.252 e. The van der Waals surface area contributed by atoms with Crippen LogP contribution in [0.3, 0.4) is 0 Å². The second-order valence-electron chi connectivity index (χ2n) is 3.38. The van der Waals surface area contributed by atoms with Gasteiger partial charge in [-0.25, -0.2) is 8.78 Å². The van der Waals surface area contributed by atoms with Gasteiger partial charge in [-0.3, -0.25) is 9.47 Å². The second-order valence-corrected chi connectivity index (χ2v) is 3.38. The van der Waals surface area contributed by atoms with Gasteiger partial charge in [-0.05, 0) is 0 Å². The van der Waals surface area contributed by atoms with E-state index in [9.17, 15) is 17.6 Å². The fourth-order valence-electron chi connectivity index (χ4n) is 1.21. The van der Waals surface area contributed by atoms with Gasteiger partial charge in [0, 0.05) is 12.8 Å². The Morgan fingerprint density at radius 2 is 1.46 bits per heavy atom. The largest absolute Gasteiger partial charge is 0.491 e. The molecule has 0 spiro atoms. The van der Waals surface area contributed by atoms with E-state index in [1.165, 1.54) is 13.8 Å². The van der Waals surface area contributed by atoms with Crippen LogP contribution in [0.25, 0.3) is 0 Å². The molecule has 0 aliphatic carbocycles. The number of halogens is 4. The summed E-state index contributed by atoms with van der Waals surface area (Å²) in [5, 5.41) is 0. The molecule has 0 aromatic rings. The third-order valence-electron chi connectivity index (χ3n) is 1.93. The van der Waals surface area contributed by atoms with Crippen LogP contribution in [0.4, 0.5) is 17.6 Å². The van der Waals surface area contributed by atoms with Gasteiger partial charge in [0.15, 0.2) is 0 Å². The van der Waals surface area contributed by atoms with Crippen LogP contribution in [0.1, 0.15) is 20.8 Å². The molecule has 0 N–H and O–H groups in total. The molecule has 2 atom stereocenters. The van der Waals surface area contributed by atoms with Crippen LogP contribution in [-0.4, -0.2) is 18.0 Å². The second kappa shape index (κ2) is 2.57. The monoisotopic (exact) mass is 202 g/mol. The van der Waals surface area contributed by atoms with Crippen molar-refractivity contribution in [1.29, 1.82) is 0 Å². The summed E-state index contributed by atoms with van der Waals surface area (Å²) in [5.41, 5.74) is 0. The first-order valence-corrected chi connectivity index (χ1v) is 3.77. The molecular weight excluding hydrogens is 192 g/mol. The predicted octanol–water partition coefficient (Wildman–Crippen LogP) is 2.59. The van der Waals surface area contributed by atoms with Gasteiger partial charge in [0.2, 0.25) is 0 Å². The zero-order chi connectivity index (χ0) is 10.5. The van der Waals surface area contributed by atoms with Crippen molar-refractivity contribution in [2.45, 2.75) is 38.8 Å². The van der Waals surface area contributed by atoms with E-state index >= 15 is 0 Å². The lowest BCUT2D eigenvalue weighted by molar-refractivity contribution is -0.377. The number of rotatable bonds is 1. The first-order chi connectivity index (χ1) is 5.61. The molecule has 1 aliphatic heterocycles. The van der Waals surface area contributed by atoms with Crippen LogP contribution >= 0.6 is 0 Å². The van der Waals surface area contributed by atoms with E-state index in [0.29, 0.717) is 6.92 Å². The zero-order valence-electron chi connectivity index (χ0n) is 7.41. The maximum atomic E-state index is 13.5. The smallest absolute Gasteiger partial charge is 0.252 e. The van der Waals surface area contributed by atoms with Crippen LogP contribution in [0.15, 0.2) is 0 Å². The Kier molecular flexibility index (Phi) is 2.12. The van der Waals surface area contributed by atoms with E-state index in [4.69, 9.17) is 0 Å². The van der Waals surface area contributed by atoms with Crippen molar-refractivity contribution in [3.05, 3.63) is 0 Å². The number of hydrogen-bond donors (Lipinski definition) is 0. The first kappa shape index (κ1) is 10.7. The Hall–Kier alpha value is -0.360. The van der Waals surface area contributed by atoms with Crippen LogP contribution < -0.4 is 0 Å². The summed E-state index contributed by atoms with van der Waals surface area (Å²) in [6.07, 6.45) is -4.21. The third-order valence-corrected chi connectivity index (χ3v) is 1.93. The van der Waals surface area contributed by atoms with Crippen molar-refractivity contribution in [2.24, 2.45) is 5.92 Å². The topological polar surface area (TPSA) is 18.5 Å². The Balaban J connectivity index is 3.00. The maximum Gasteiger partial charge on any atom is 0.491 e. The highest BCUT2D eigenvalue weighted by Gasteiger charge is 2.70. The highest BCUT2D eigenvalue weighted by molar-refractivity contribution is 4.91. The summed E-state index contributed by atoms with van der Waals surface area (Å²) < 4.78 is 58.6. The molecule has 0 radical (unpaired) electrons. The summed E-state index contributed by atoms with van der Waals surface area (Å²) in [5.74, 6) is -7.32. The zero-order valence-corrected chi connectivity index (χ0v) is 7.41. The molecule has 0 aromatic carbocycles. The molecule has 1 heterocycles. The van der Waals surface area contributed by atoms with Gasteiger partial charge in [0.05, 0.1) is 0 Å². The lowest BCUT2D eigenvalue weighted by Gasteiger charge is -2.28.